The molecular formula is C21H24N2O4S. The summed E-state index contributed by atoms with van der Waals surface area (Å²) in [5, 5.41) is 3.00. The van der Waals surface area contributed by atoms with Gasteiger partial charge in [-0.3, -0.25) is 9.59 Å². The molecule has 0 aliphatic rings. The molecule has 0 saturated carbocycles. The topological polar surface area (TPSA) is 95.4 Å². The van der Waals surface area contributed by atoms with Gasteiger partial charge in [-0.05, 0) is 44.4 Å². The predicted octanol–water partition coefficient (Wildman–Crippen LogP) is 4.21. The van der Waals surface area contributed by atoms with Crippen molar-refractivity contribution >= 4 is 28.3 Å². The number of rotatable bonds is 8. The van der Waals surface area contributed by atoms with Gasteiger partial charge in [0.15, 0.2) is 0 Å². The Morgan fingerprint density at radius 1 is 1.29 bits per heavy atom. The van der Waals surface area contributed by atoms with Gasteiger partial charge in [-0.25, -0.2) is 4.98 Å². The maximum atomic E-state index is 12.9. The highest BCUT2D eigenvalue weighted by Crippen LogP contribution is 2.28. The lowest BCUT2D eigenvalue weighted by Gasteiger charge is -2.10. The van der Waals surface area contributed by atoms with Crippen LogP contribution in [0.3, 0.4) is 0 Å². The molecule has 0 fully saturated rings. The summed E-state index contributed by atoms with van der Waals surface area (Å²) < 4.78 is 11.2. The van der Waals surface area contributed by atoms with Crippen LogP contribution in [0.25, 0.3) is 21.5 Å². The van der Waals surface area contributed by atoms with Gasteiger partial charge in [0, 0.05) is 23.6 Å². The maximum Gasteiger partial charge on any atom is 0.311 e. The van der Waals surface area contributed by atoms with Crippen molar-refractivity contribution < 1.29 is 13.9 Å². The fourth-order valence-corrected chi connectivity index (χ4v) is 3.76. The lowest BCUT2D eigenvalue weighted by atomic mass is 10.1. The number of unbranched alkanes of at least 4 members (excludes halogenated alkanes) is 2. The van der Waals surface area contributed by atoms with Crippen LogP contribution in [-0.4, -0.2) is 17.5 Å². The summed E-state index contributed by atoms with van der Waals surface area (Å²) in [4.78, 5) is 29.4. The van der Waals surface area contributed by atoms with E-state index in [1.54, 1.807) is 12.1 Å². The van der Waals surface area contributed by atoms with Crippen molar-refractivity contribution in [3.63, 3.8) is 0 Å². The second-order valence-electron chi connectivity index (χ2n) is 6.66. The zero-order valence-electron chi connectivity index (χ0n) is 16.1. The number of carbonyl (C=O) groups excluding carboxylic acids is 1. The lowest BCUT2D eigenvalue weighted by Crippen LogP contribution is -2.11. The molecular weight excluding hydrogens is 376 g/mol. The van der Waals surface area contributed by atoms with Gasteiger partial charge in [-0.1, -0.05) is 13.3 Å². The minimum absolute atomic E-state index is 0.134. The minimum atomic E-state index is -0.289. The summed E-state index contributed by atoms with van der Waals surface area (Å²) in [6.45, 7) is 4.46. The molecule has 3 aromatic rings. The molecule has 2 aromatic heterocycles. The van der Waals surface area contributed by atoms with Gasteiger partial charge < -0.3 is 14.9 Å². The highest BCUT2D eigenvalue weighted by atomic mass is 32.1. The number of hydrogen-bond acceptors (Lipinski definition) is 7. The van der Waals surface area contributed by atoms with E-state index in [9.17, 15) is 9.59 Å². The summed E-state index contributed by atoms with van der Waals surface area (Å²) in [7, 11) is 0. The standard InChI is InChI=1S/C21H24N2O4S/c1-3-14-9-15-18(10-17(14)27-19(24)7-5-4-6-8-22)26-11-16(20(15)25)21-23-13(2)12-28-21/h9-12H,3-8,22H2,1-2H3. The Labute approximate surface area is 167 Å². The molecule has 0 bridgehead atoms. The number of nitrogens with zero attached hydrogens (tertiary/aromatic N) is 1. The van der Waals surface area contributed by atoms with E-state index in [2.05, 4.69) is 4.98 Å². The van der Waals surface area contributed by atoms with Crippen molar-refractivity contribution in [2.75, 3.05) is 6.54 Å². The molecule has 0 unspecified atom stereocenters. The number of benzene rings is 1. The van der Waals surface area contributed by atoms with E-state index in [0.717, 1.165) is 30.5 Å². The van der Waals surface area contributed by atoms with E-state index in [4.69, 9.17) is 14.9 Å². The van der Waals surface area contributed by atoms with Crippen LogP contribution in [0, 0.1) is 6.92 Å². The Balaban J connectivity index is 1.89. The Morgan fingerprint density at radius 3 is 2.79 bits per heavy atom. The van der Waals surface area contributed by atoms with Crippen LogP contribution in [0.15, 0.2) is 33.0 Å². The van der Waals surface area contributed by atoms with Crippen LogP contribution in [0.1, 0.15) is 43.9 Å². The molecule has 148 valence electrons. The van der Waals surface area contributed by atoms with Gasteiger partial charge in [0.25, 0.3) is 0 Å². The van der Waals surface area contributed by atoms with Crippen LogP contribution < -0.4 is 15.9 Å². The van der Waals surface area contributed by atoms with Crippen molar-refractivity contribution in [2.24, 2.45) is 5.73 Å². The second kappa shape index (κ2) is 9.12. The summed E-state index contributed by atoms with van der Waals surface area (Å²) in [5.41, 5.74) is 7.82. The molecule has 2 N–H and O–H groups in total. The van der Waals surface area contributed by atoms with E-state index in [1.165, 1.54) is 17.6 Å². The summed E-state index contributed by atoms with van der Waals surface area (Å²) in [6, 6.07) is 3.38. The number of ether oxygens (including phenoxy) is 1. The van der Waals surface area contributed by atoms with Crippen molar-refractivity contribution in [3.05, 3.63) is 45.3 Å². The molecule has 0 atom stereocenters. The third-order valence-corrected chi connectivity index (χ3v) is 5.49. The number of fused-ring (bicyclic) bond motifs is 1. The second-order valence-corrected chi connectivity index (χ2v) is 7.51. The Hall–Kier alpha value is -2.51. The number of carbonyl (C=O) groups is 1. The Bertz CT molecular complexity index is 1040. The maximum absolute atomic E-state index is 12.9. The molecule has 0 amide bonds. The van der Waals surface area contributed by atoms with E-state index in [1.807, 2.05) is 19.2 Å². The first-order valence-electron chi connectivity index (χ1n) is 9.45. The third-order valence-electron chi connectivity index (χ3n) is 4.49. The van der Waals surface area contributed by atoms with E-state index in [-0.39, 0.29) is 11.4 Å². The molecule has 2 heterocycles. The number of esters is 1. The smallest absolute Gasteiger partial charge is 0.311 e. The molecule has 28 heavy (non-hydrogen) atoms. The first-order valence-corrected chi connectivity index (χ1v) is 10.3. The van der Waals surface area contributed by atoms with Crippen LogP contribution >= 0.6 is 11.3 Å². The Kier molecular flexibility index (Phi) is 6.59. The first-order chi connectivity index (χ1) is 13.5. The highest BCUT2D eigenvalue weighted by molar-refractivity contribution is 7.13. The molecule has 0 saturated heterocycles. The van der Waals surface area contributed by atoms with Gasteiger partial charge in [0.2, 0.25) is 5.43 Å². The van der Waals surface area contributed by atoms with E-state index < -0.39 is 0 Å². The molecule has 0 aliphatic carbocycles. The zero-order chi connectivity index (χ0) is 20.1. The van der Waals surface area contributed by atoms with Crippen molar-refractivity contribution in [2.45, 2.75) is 46.0 Å². The number of nitrogens with two attached hydrogens (primary N) is 1. The molecule has 7 heteroatoms. The predicted molar refractivity (Wildman–Crippen MR) is 111 cm³/mol. The zero-order valence-corrected chi connectivity index (χ0v) is 16.9. The average Bonchev–Trinajstić information content (AvgIpc) is 3.11. The van der Waals surface area contributed by atoms with E-state index in [0.29, 0.717) is 46.7 Å². The third kappa shape index (κ3) is 4.48. The number of thiazole rings is 1. The van der Waals surface area contributed by atoms with Crippen LogP contribution in [-0.2, 0) is 11.2 Å². The lowest BCUT2D eigenvalue weighted by molar-refractivity contribution is -0.134. The number of aryl methyl sites for hydroxylation is 2. The van der Waals surface area contributed by atoms with Gasteiger partial charge in [0.05, 0.1) is 10.9 Å². The normalized spacial score (nSPS) is 11.1. The number of aromatic nitrogens is 1. The summed E-state index contributed by atoms with van der Waals surface area (Å²) in [5.74, 6) is 0.156. The summed E-state index contributed by atoms with van der Waals surface area (Å²) in [6.07, 6.45) is 4.94. The molecule has 0 aliphatic heterocycles. The van der Waals surface area contributed by atoms with Crippen molar-refractivity contribution in [1.29, 1.82) is 0 Å². The largest absolute Gasteiger partial charge is 0.463 e. The molecule has 6 nitrogen and oxygen atoms in total. The van der Waals surface area contributed by atoms with Gasteiger partial charge in [-0.2, -0.15) is 0 Å². The van der Waals surface area contributed by atoms with Crippen molar-refractivity contribution in [3.8, 4) is 16.3 Å². The van der Waals surface area contributed by atoms with Crippen molar-refractivity contribution in [1.82, 2.24) is 4.98 Å². The van der Waals surface area contributed by atoms with Crippen LogP contribution in [0.5, 0.6) is 5.75 Å². The Morgan fingerprint density at radius 2 is 2.11 bits per heavy atom. The molecule has 0 spiro atoms. The average molecular weight is 401 g/mol. The van der Waals surface area contributed by atoms with Gasteiger partial charge >= 0.3 is 5.97 Å². The highest BCUT2D eigenvalue weighted by Gasteiger charge is 2.16. The van der Waals surface area contributed by atoms with Crippen LogP contribution in [0.2, 0.25) is 0 Å². The molecule has 3 rings (SSSR count). The quantitative estimate of drug-likeness (QED) is 0.346. The molecule has 0 radical (unpaired) electrons. The van der Waals surface area contributed by atoms with Crippen LogP contribution in [0.4, 0.5) is 0 Å². The number of hydrogen-bond donors (Lipinski definition) is 1. The SMILES string of the molecule is CCc1cc2c(=O)c(-c3nc(C)cs3)coc2cc1OC(=O)CCCCCN. The van der Waals surface area contributed by atoms with E-state index >= 15 is 0 Å². The monoisotopic (exact) mass is 400 g/mol. The van der Waals surface area contributed by atoms with Gasteiger partial charge in [0.1, 0.15) is 22.6 Å². The fraction of sp³-hybridized carbons (Fsp3) is 0.381. The summed E-state index contributed by atoms with van der Waals surface area (Å²) >= 11 is 1.41. The minimum Gasteiger partial charge on any atom is -0.463 e. The van der Waals surface area contributed by atoms with Gasteiger partial charge in [-0.15, -0.1) is 11.3 Å². The molecule has 1 aromatic carbocycles. The fourth-order valence-electron chi connectivity index (χ4n) is 2.96. The first kappa shape index (κ1) is 20.2.